The summed E-state index contributed by atoms with van der Waals surface area (Å²) in [7, 11) is 0. The van der Waals surface area contributed by atoms with Gasteiger partial charge in [-0.25, -0.2) is 0 Å². The normalized spacial score (nSPS) is 13.1. The molecule has 0 amide bonds. The van der Waals surface area contributed by atoms with Gasteiger partial charge in [0.15, 0.2) is 0 Å². The highest BCUT2D eigenvalue weighted by molar-refractivity contribution is 7.16. The minimum atomic E-state index is -4.40. The van der Waals surface area contributed by atoms with Crippen LogP contribution >= 0.6 is 22.9 Å². The van der Waals surface area contributed by atoms with Gasteiger partial charge in [-0.2, -0.15) is 13.2 Å². The third-order valence-corrected chi connectivity index (χ3v) is 4.30. The molecule has 0 saturated heterocycles. The van der Waals surface area contributed by atoms with E-state index in [0.29, 0.717) is 14.8 Å². The van der Waals surface area contributed by atoms with Gasteiger partial charge in [-0.1, -0.05) is 23.7 Å². The standard InChI is InChI=1S/C14H10ClF3O2S/c15-12-6-5-11(21-12)10(13(19)20)7-8-1-3-9(4-2-8)14(16,17)18/h1-6,10H,7H2,(H,19,20). The maximum Gasteiger partial charge on any atom is 0.416 e. The van der Waals surface area contributed by atoms with Crippen LogP contribution in [0.15, 0.2) is 36.4 Å². The zero-order valence-corrected chi connectivity index (χ0v) is 12.1. The van der Waals surface area contributed by atoms with Crippen molar-refractivity contribution in [2.75, 3.05) is 0 Å². The summed E-state index contributed by atoms with van der Waals surface area (Å²) in [6.45, 7) is 0. The van der Waals surface area contributed by atoms with Gasteiger partial charge in [-0.05, 0) is 36.2 Å². The summed E-state index contributed by atoms with van der Waals surface area (Å²) in [4.78, 5) is 11.9. The number of carboxylic acids is 1. The van der Waals surface area contributed by atoms with Gasteiger partial charge in [0.25, 0.3) is 0 Å². The Morgan fingerprint density at radius 3 is 2.24 bits per heavy atom. The van der Waals surface area contributed by atoms with E-state index in [-0.39, 0.29) is 6.42 Å². The van der Waals surface area contributed by atoms with E-state index in [1.165, 1.54) is 12.1 Å². The molecule has 1 atom stereocenters. The second-order valence-corrected chi connectivity index (χ2v) is 6.18. The summed E-state index contributed by atoms with van der Waals surface area (Å²) in [5, 5.41) is 9.26. The number of aliphatic carboxylic acids is 1. The fourth-order valence-electron chi connectivity index (χ4n) is 1.89. The number of carbonyl (C=O) groups is 1. The smallest absolute Gasteiger partial charge is 0.416 e. The van der Waals surface area contributed by atoms with Gasteiger partial charge in [-0.3, -0.25) is 4.79 Å². The molecule has 1 N–H and O–H groups in total. The predicted octanol–water partition coefficient (Wildman–Crippen LogP) is 4.83. The van der Waals surface area contributed by atoms with Crippen molar-refractivity contribution >= 4 is 28.9 Å². The molecule has 2 rings (SSSR count). The van der Waals surface area contributed by atoms with Crippen LogP contribution in [0.2, 0.25) is 4.34 Å². The average molecular weight is 335 g/mol. The lowest BCUT2D eigenvalue weighted by atomic mass is 9.97. The molecule has 1 aromatic carbocycles. The zero-order valence-electron chi connectivity index (χ0n) is 10.5. The maximum atomic E-state index is 12.5. The number of carboxylic acid groups (broad SMARTS) is 1. The van der Waals surface area contributed by atoms with E-state index in [0.717, 1.165) is 23.5 Å². The van der Waals surface area contributed by atoms with E-state index in [2.05, 4.69) is 0 Å². The van der Waals surface area contributed by atoms with Gasteiger partial charge in [0.1, 0.15) is 0 Å². The Labute approximate surface area is 127 Å². The summed E-state index contributed by atoms with van der Waals surface area (Å²) in [6.07, 6.45) is -4.28. The Morgan fingerprint density at radius 2 is 1.81 bits per heavy atom. The molecule has 0 aliphatic heterocycles. The monoisotopic (exact) mass is 334 g/mol. The number of alkyl halides is 3. The van der Waals surface area contributed by atoms with E-state index >= 15 is 0 Å². The first-order chi connectivity index (χ1) is 9.77. The Balaban J connectivity index is 2.20. The molecular formula is C14H10ClF3O2S. The molecule has 112 valence electrons. The lowest BCUT2D eigenvalue weighted by Gasteiger charge is -2.12. The molecule has 0 aliphatic carbocycles. The molecule has 1 aromatic heterocycles. The highest BCUT2D eigenvalue weighted by Crippen LogP contribution is 2.32. The number of halogens is 4. The largest absolute Gasteiger partial charge is 0.481 e. The third kappa shape index (κ3) is 3.98. The summed E-state index contributed by atoms with van der Waals surface area (Å²) >= 11 is 6.94. The van der Waals surface area contributed by atoms with Crippen LogP contribution in [0, 0.1) is 0 Å². The summed E-state index contributed by atoms with van der Waals surface area (Å²) < 4.78 is 37.9. The SMILES string of the molecule is O=C(O)C(Cc1ccc(C(F)(F)F)cc1)c1ccc(Cl)s1. The Hall–Kier alpha value is -1.53. The molecule has 0 saturated carbocycles. The molecule has 0 aliphatic rings. The van der Waals surface area contributed by atoms with Crippen LogP contribution in [0.25, 0.3) is 0 Å². The second-order valence-electron chi connectivity index (χ2n) is 4.43. The van der Waals surface area contributed by atoms with Crippen molar-refractivity contribution in [1.82, 2.24) is 0 Å². The first-order valence-corrected chi connectivity index (χ1v) is 7.11. The van der Waals surface area contributed by atoms with Crippen LogP contribution in [0.3, 0.4) is 0 Å². The quantitative estimate of drug-likeness (QED) is 0.869. The zero-order chi connectivity index (χ0) is 15.6. The van der Waals surface area contributed by atoms with Crippen molar-refractivity contribution in [3.8, 4) is 0 Å². The Kier molecular flexibility index (Phi) is 4.58. The third-order valence-electron chi connectivity index (χ3n) is 2.96. The van der Waals surface area contributed by atoms with Crippen LogP contribution in [-0.4, -0.2) is 11.1 Å². The topological polar surface area (TPSA) is 37.3 Å². The second kappa shape index (κ2) is 6.07. The van der Waals surface area contributed by atoms with Crippen LogP contribution in [0.1, 0.15) is 21.9 Å². The molecule has 0 fully saturated rings. The lowest BCUT2D eigenvalue weighted by molar-refractivity contribution is -0.139. The average Bonchev–Trinajstić information content (AvgIpc) is 2.81. The van der Waals surface area contributed by atoms with Gasteiger partial charge < -0.3 is 5.11 Å². The number of hydrogen-bond donors (Lipinski definition) is 1. The number of hydrogen-bond acceptors (Lipinski definition) is 2. The molecule has 2 nitrogen and oxygen atoms in total. The molecule has 0 radical (unpaired) electrons. The van der Waals surface area contributed by atoms with Crippen molar-refractivity contribution < 1.29 is 23.1 Å². The van der Waals surface area contributed by atoms with Gasteiger partial charge in [0, 0.05) is 4.88 Å². The van der Waals surface area contributed by atoms with Crippen molar-refractivity contribution in [1.29, 1.82) is 0 Å². The fourth-order valence-corrected chi connectivity index (χ4v) is 3.04. The highest BCUT2D eigenvalue weighted by atomic mass is 35.5. The van der Waals surface area contributed by atoms with E-state index in [9.17, 15) is 23.1 Å². The molecular weight excluding hydrogens is 325 g/mol. The lowest BCUT2D eigenvalue weighted by Crippen LogP contribution is -2.13. The molecule has 2 aromatic rings. The number of rotatable bonds is 4. The van der Waals surface area contributed by atoms with E-state index in [4.69, 9.17) is 11.6 Å². The Bertz CT molecular complexity index is 634. The fraction of sp³-hybridized carbons (Fsp3) is 0.214. The molecule has 0 bridgehead atoms. The molecule has 0 spiro atoms. The van der Waals surface area contributed by atoms with Crippen molar-refractivity contribution in [3.63, 3.8) is 0 Å². The first kappa shape index (κ1) is 15.9. The van der Waals surface area contributed by atoms with Gasteiger partial charge in [0.05, 0.1) is 15.8 Å². The highest BCUT2D eigenvalue weighted by Gasteiger charge is 2.30. The van der Waals surface area contributed by atoms with E-state index < -0.39 is 23.6 Å². The van der Waals surface area contributed by atoms with Crippen molar-refractivity contribution in [3.05, 3.63) is 56.7 Å². The van der Waals surface area contributed by atoms with Gasteiger partial charge >= 0.3 is 12.1 Å². The first-order valence-electron chi connectivity index (χ1n) is 5.91. The predicted molar refractivity (Wildman–Crippen MR) is 74.9 cm³/mol. The molecule has 7 heteroatoms. The number of thiophene rings is 1. The van der Waals surface area contributed by atoms with Crippen LogP contribution in [0.4, 0.5) is 13.2 Å². The van der Waals surface area contributed by atoms with Crippen LogP contribution in [-0.2, 0) is 17.4 Å². The number of benzene rings is 1. The minimum absolute atomic E-state index is 0.115. The van der Waals surface area contributed by atoms with Crippen molar-refractivity contribution in [2.24, 2.45) is 0 Å². The summed E-state index contributed by atoms with van der Waals surface area (Å²) in [5.41, 5.74) is -0.225. The maximum absolute atomic E-state index is 12.5. The van der Waals surface area contributed by atoms with E-state index in [1.54, 1.807) is 12.1 Å². The molecule has 1 heterocycles. The van der Waals surface area contributed by atoms with Crippen LogP contribution < -0.4 is 0 Å². The Morgan fingerprint density at radius 1 is 1.19 bits per heavy atom. The summed E-state index contributed by atoms with van der Waals surface area (Å²) in [5.74, 6) is -1.85. The van der Waals surface area contributed by atoms with E-state index in [1.807, 2.05) is 0 Å². The minimum Gasteiger partial charge on any atom is -0.481 e. The van der Waals surface area contributed by atoms with Crippen molar-refractivity contribution in [2.45, 2.75) is 18.5 Å². The van der Waals surface area contributed by atoms with Gasteiger partial charge in [-0.15, -0.1) is 11.3 Å². The van der Waals surface area contributed by atoms with Crippen LogP contribution in [0.5, 0.6) is 0 Å². The summed E-state index contributed by atoms with van der Waals surface area (Å²) in [6, 6.07) is 7.73. The molecule has 1 unspecified atom stereocenters. The van der Waals surface area contributed by atoms with Gasteiger partial charge in [0.2, 0.25) is 0 Å². The molecule has 21 heavy (non-hydrogen) atoms.